The van der Waals surface area contributed by atoms with Gasteiger partial charge < -0.3 is 69.1 Å². The number of nitrogens with one attached hydrogen (secondary N) is 2. The number of esters is 2. The summed E-state index contributed by atoms with van der Waals surface area (Å²) < 4.78 is 9.70. The van der Waals surface area contributed by atoms with Crippen molar-refractivity contribution in [1.29, 1.82) is 0 Å². The first kappa shape index (κ1) is 56.1. The molecule has 0 saturated carbocycles. The van der Waals surface area contributed by atoms with E-state index in [4.69, 9.17) is 71.9 Å². The molecule has 0 aliphatic carbocycles. The fraction of sp³-hybridized carbons (Fsp3) is 0.512. The van der Waals surface area contributed by atoms with Crippen molar-refractivity contribution in [2.24, 2.45) is 44.4 Å². The number of rotatable bonds is 22. The van der Waals surface area contributed by atoms with Crippen LogP contribution in [0.25, 0.3) is 0 Å². The third-order valence-electron chi connectivity index (χ3n) is 10.4. The highest BCUT2D eigenvalue weighted by molar-refractivity contribution is 6.17. The Labute approximate surface area is 394 Å². The number of nitrogens with zero attached hydrogens (tertiary/aromatic N) is 4. The van der Waals surface area contributed by atoms with E-state index in [-0.39, 0.29) is 48.7 Å². The second-order valence-electron chi connectivity index (χ2n) is 15.1. The Bertz CT molecular complexity index is 1760. The number of carbonyl (C=O) groups excluding carboxylic acids is 7. The zero-order valence-electron chi connectivity index (χ0n) is 36.9. The molecule has 0 radical (unpaired) electrons. The van der Waals surface area contributed by atoms with Crippen molar-refractivity contribution in [3.63, 3.8) is 0 Å². The smallest absolute Gasteiger partial charge is 0.329 e. The summed E-state index contributed by atoms with van der Waals surface area (Å²) in [5.74, 6) is -2.87. The number of alkyl halides is 2. The van der Waals surface area contributed by atoms with Crippen LogP contribution >= 0.6 is 23.2 Å². The van der Waals surface area contributed by atoms with E-state index in [1.54, 1.807) is 0 Å². The van der Waals surface area contributed by atoms with Crippen molar-refractivity contribution in [2.75, 3.05) is 38.3 Å². The third-order valence-corrected chi connectivity index (χ3v) is 10.6. The number of benzene rings is 2. The van der Waals surface area contributed by atoms with Crippen molar-refractivity contribution in [3.05, 3.63) is 71.8 Å². The lowest BCUT2D eigenvalue weighted by Gasteiger charge is -2.28. The van der Waals surface area contributed by atoms with Crippen LogP contribution in [0.1, 0.15) is 62.5 Å². The maximum atomic E-state index is 12.9. The third kappa shape index (κ3) is 19.6. The Morgan fingerprint density at radius 3 is 1.30 bits per heavy atom. The topological polar surface area (TPSA) is 349 Å². The van der Waals surface area contributed by atoms with Crippen molar-refractivity contribution < 1.29 is 43.0 Å². The van der Waals surface area contributed by atoms with Gasteiger partial charge in [0, 0.05) is 26.2 Å². The zero-order valence-corrected chi connectivity index (χ0v) is 38.5. The van der Waals surface area contributed by atoms with Gasteiger partial charge >= 0.3 is 11.9 Å². The maximum absolute atomic E-state index is 12.9. The molecular formula is C43H64Cl2N12O9. The molecule has 2 aliphatic rings. The summed E-state index contributed by atoms with van der Waals surface area (Å²) in [6, 6.07) is 13.5. The number of aliphatic imine (C=N–C) groups is 2. The minimum atomic E-state index is -0.925. The molecular weight excluding hydrogens is 899 g/mol. The lowest BCUT2D eigenvalue weighted by molar-refractivity contribution is -0.148. The van der Waals surface area contributed by atoms with Gasteiger partial charge in [-0.2, -0.15) is 0 Å². The first-order valence-corrected chi connectivity index (χ1v) is 22.4. The van der Waals surface area contributed by atoms with Crippen LogP contribution in [0.4, 0.5) is 0 Å². The van der Waals surface area contributed by atoms with Gasteiger partial charge in [0.25, 0.3) is 0 Å². The Kier molecular flexibility index (Phi) is 26.3. The quantitative estimate of drug-likeness (QED) is 0.0242. The molecule has 2 heterocycles. The molecule has 0 bridgehead atoms. The van der Waals surface area contributed by atoms with Gasteiger partial charge in [-0.3, -0.25) is 29.2 Å². The number of ether oxygens (including phenoxy) is 2. The molecule has 0 aromatic heterocycles. The number of halogens is 2. The van der Waals surface area contributed by atoms with E-state index in [1.807, 2.05) is 67.5 Å². The van der Waals surface area contributed by atoms with E-state index in [0.29, 0.717) is 77.5 Å². The van der Waals surface area contributed by atoms with Crippen LogP contribution in [0, 0.1) is 0 Å². The highest BCUT2D eigenvalue weighted by Gasteiger charge is 2.39. The molecule has 2 saturated heterocycles. The van der Waals surface area contributed by atoms with Crippen LogP contribution in [0.15, 0.2) is 70.6 Å². The lowest BCUT2D eigenvalue weighted by atomic mass is 10.0. The second-order valence-corrected chi connectivity index (χ2v) is 15.6. The maximum Gasteiger partial charge on any atom is 0.329 e. The van der Waals surface area contributed by atoms with E-state index in [9.17, 15) is 28.8 Å². The van der Waals surface area contributed by atoms with Crippen LogP contribution in [0.2, 0.25) is 0 Å². The average molecular weight is 964 g/mol. The Morgan fingerprint density at radius 1 is 0.636 bits per heavy atom. The molecule has 21 nitrogen and oxygen atoms in total. The molecule has 2 aromatic carbocycles. The highest BCUT2D eigenvalue weighted by atomic mass is 35.5. The van der Waals surface area contributed by atoms with E-state index in [2.05, 4.69) is 20.6 Å². The number of likely N-dealkylation sites (tertiary alicyclic amines) is 2. The summed E-state index contributed by atoms with van der Waals surface area (Å²) in [5.41, 5.74) is 35.4. The van der Waals surface area contributed by atoms with Gasteiger partial charge in [0.15, 0.2) is 24.1 Å². The predicted molar refractivity (Wildman–Crippen MR) is 250 cm³/mol. The molecule has 2 fully saturated rings. The number of amides is 4. The number of nitrogens with two attached hydrogens (primary N) is 6. The van der Waals surface area contributed by atoms with E-state index < -0.39 is 60.0 Å². The number of carbonyl (C=O) groups is 7. The predicted octanol–water partition coefficient (Wildman–Crippen LogP) is -0.534. The first-order valence-electron chi connectivity index (χ1n) is 21.3. The first-order chi connectivity index (χ1) is 31.7. The fourth-order valence-electron chi connectivity index (χ4n) is 7.29. The second kappa shape index (κ2) is 31.0. The molecule has 0 unspecified atom stereocenters. The molecule has 4 rings (SSSR count). The standard InChI is InChI=1S/2C21H31ClN6O4.CH2O/c2*22-13-32-20(31)16(8-4-10-26-21(24)25)27-18(29)17-9-5-11-28(17)19(30)15(23)12-14-6-2-1-3-7-14;1-2/h2*1-3,6-7,15-17H,4-5,8-13,23H2,(H,27,29)(H4,24,25,26);1H2/t2*15-,16+,17+;/m11./s1. The normalized spacial score (nSPS) is 16.8. The minimum Gasteiger partial charge on any atom is -0.448 e. The Balaban J connectivity index is 0.000000437. The van der Waals surface area contributed by atoms with Crippen LogP contribution in [0.3, 0.4) is 0 Å². The molecule has 2 aromatic rings. The molecule has 4 amide bonds. The van der Waals surface area contributed by atoms with Crippen molar-refractivity contribution in [3.8, 4) is 0 Å². The van der Waals surface area contributed by atoms with Crippen molar-refractivity contribution >= 4 is 77.5 Å². The summed E-state index contributed by atoms with van der Waals surface area (Å²) in [6.45, 7) is 3.46. The SMILES string of the molecule is C=O.NC(N)=NCCC[C@H](NC(=O)[C@@H]1CCCN1C(=O)[C@H](N)Cc1ccccc1)C(=O)OCCl.NC(N)=NCCC[C@H](NC(=O)[C@@H]1CCCN1C(=O)[C@H](N)Cc1ccccc1)C(=O)OCCl. The van der Waals surface area contributed by atoms with Crippen molar-refractivity contribution in [2.45, 2.75) is 100 Å². The Hall–Kier alpha value is -6.03. The van der Waals surface area contributed by atoms with Gasteiger partial charge in [-0.25, -0.2) is 9.59 Å². The van der Waals surface area contributed by atoms with Gasteiger partial charge in [-0.1, -0.05) is 83.9 Å². The monoisotopic (exact) mass is 962 g/mol. The summed E-state index contributed by atoms with van der Waals surface area (Å²) in [7, 11) is 0. The van der Waals surface area contributed by atoms with Gasteiger partial charge in [-0.15, -0.1) is 0 Å². The van der Waals surface area contributed by atoms with E-state index in [0.717, 1.165) is 11.1 Å². The largest absolute Gasteiger partial charge is 0.448 e. The molecule has 2 aliphatic heterocycles. The number of hydrogen-bond acceptors (Lipinski definition) is 13. The summed E-state index contributed by atoms with van der Waals surface area (Å²) in [5, 5.41) is 5.37. The molecule has 0 spiro atoms. The molecule has 23 heteroatoms. The summed E-state index contributed by atoms with van der Waals surface area (Å²) in [6.07, 6.45) is 4.46. The Morgan fingerprint density at radius 2 is 0.985 bits per heavy atom. The van der Waals surface area contributed by atoms with Gasteiger partial charge in [-0.05, 0) is 75.3 Å². The zero-order chi connectivity index (χ0) is 49.0. The minimum absolute atomic E-state index is 0.0547. The van der Waals surface area contributed by atoms with Crippen molar-refractivity contribution in [1.82, 2.24) is 20.4 Å². The van der Waals surface area contributed by atoms with E-state index in [1.165, 1.54) is 9.80 Å². The average Bonchev–Trinajstić information content (AvgIpc) is 4.01. The van der Waals surface area contributed by atoms with E-state index >= 15 is 0 Å². The summed E-state index contributed by atoms with van der Waals surface area (Å²) in [4.78, 5) is 95.0. The van der Waals surface area contributed by atoms with Crippen LogP contribution in [0.5, 0.6) is 0 Å². The van der Waals surface area contributed by atoms with Gasteiger partial charge in [0.2, 0.25) is 23.6 Å². The molecule has 6 atom stereocenters. The van der Waals surface area contributed by atoms with Gasteiger partial charge in [0.05, 0.1) is 12.1 Å². The van der Waals surface area contributed by atoms with Crippen LogP contribution in [-0.4, -0.2) is 139 Å². The molecule has 14 N–H and O–H groups in total. The fourth-order valence-corrected chi connectivity index (χ4v) is 7.51. The lowest BCUT2D eigenvalue weighted by Crippen LogP contribution is -2.54. The highest BCUT2D eigenvalue weighted by Crippen LogP contribution is 2.21. The summed E-state index contributed by atoms with van der Waals surface area (Å²) >= 11 is 11.0. The number of guanidine groups is 2. The van der Waals surface area contributed by atoms with Gasteiger partial charge in [0.1, 0.15) is 31.0 Å². The molecule has 66 heavy (non-hydrogen) atoms. The number of hydrogen-bond donors (Lipinski definition) is 8. The van der Waals surface area contributed by atoms with Crippen LogP contribution < -0.4 is 45.0 Å². The molecule has 364 valence electrons. The van der Waals surface area contributed by atoms with Crippen LogP contribution in [-0.2, 0) is 55.9 Å².